The first-order valence-corrected chi connectivity index (χ1v) is 4.74. The molecule has 1 unspecified atom stereocenters. The highest BCUT2D eigenvalue weighted by Crippen LogP contribution is 2.18. The van der Waals surface area contributed by atoms with E-state index in [-0.39, 0.29) is 30.2 Å². The van der Waals surface area contributed by atoms with Gasteiger partial charge >= 0.3 is 5.97 Å². The maximum Gasteiger partial charge on any atom is 0.303 e. The van der Waals surface area contributed by atoms with Crippen LogP contribution in [0.25, 0.3) is 0 Å². The molecule has 0 saturated carbocycles. The van der Waals surface area contributed by atoms with Crippen LogP contribution in [0.2, 0.25) is 0 Å². The zero-order valence-electron chi connectivity index (χ0n) is 9.26. The summed E-state index contributed by atoms with van der Waals surface area (Å²) in [5, 5.41) is 11.1. The summed E-state index contributed by atoms with van der Waals surface area (Å²) in [6.45, 7) is 7.98. The number of carbonyl (C=O) groups excluding carboxylic acids is 1. The molecule has 0 aromatic heterocycles. The van der Waals surface area contributed by atoms with Crippen molar-refractivity contribution in [1.82, 2.24) is 5.32 Å². The molecule has 0 aromatic carbocycles. The van der Waals surface area contributed by atoms with Gasteiger partial charge in [-0.15, -0.1) is 0 Å². The van der Waals surface area contributed by atoms with E-state index in [0.717, 1.165) is 0 Å². The van der Waals surface area contributed by atoms with E-state index in [1.165, 1.54) is 0 Å². The molecule has 14 heavy (non-hydrogen) atoms. The highest BCUT2D eigenvalue weighted by atomic mass is 16.4. The summed E-state index contributed by atoms with van der Waals surface area (Å²) in [6.07, 6.45) is -0.0571. The number of rotatable bonds is 4. The lowest BCUT2D eigenvalue weighted by atomic mass is 9.88. The minimum atomic E-state index is -0.941. The van der Waals surface area contributed by atoms with Crippen molar-refractivity contribution in [3.8, 4) is 0 Å². The second-order valence-electron chi connectivity index (χ2n) is 4.55. The van der Waals surface area contributed by atoms with Crippen LogP contribution >= 0.6 is 0 Å². The van der Waals surface area contributed by atoms with Crippen LogP contribution in [0.15, 0.2) is 0 Å². The normalized spacial score (nSPS) is 13.4. The third-order valence-corrected chi connectivity index (χ3v) is 2.24. The third-order valence-electron chi connectivity index (χ3n) is 2.24. The smallest absolute Gasteiger partial charge is 0.303 e. The predicted molar refractivity (Wildman–Crippen MR) is 53.9 cm³/mol. The molecule has 1 amide bonds. The zero-order chi connectivity index (χ0) is 11.4. The summed E-state index contributed by atoms with van der Waals surface area (Å²) >= 11 is 0. The fourth-order valence-electron chi connectivity index (χ4n) is 0.751. The van der Waals surface area contributed by atoms with E-state index < -0.39 is 5.97 Å². The van der Waals surface area contributed by atoms with Gasteiger partial charge < -0.3 is 10.4 Å². The molecule has 0 fully saturated rings. The molecule has 0 bridgehead atoms. The fraction of sp³-hybridized carbons (Fsp3) is 0.800. The Hall–Kier alpha value is -1.06. The van der Waals surface area contributed by atoms with Gasteiger partial charge in [-0.3, -0.25) is 9.59 Å². The molecule has 0 heterocycles. The fourth-order valence-corrected chi connectivity index (χ4v) is 0.751. The van der Waals surface area contributed by atoms with Gasteiger partial charge in [-0.2, -0.15) is 0 Å². The second-order valence-corrected chi connectivity index (χ2v) is 4.55. The van der Waals surface area contributed by atoms with Gasteiger partial charge in [0, 0.05) is 12.5 Å². The topological polar surface area (TPSA) is 66.4 Å². The second kappa shape index (κ2) is 4.98. The van der Waals surface area contributed by atoms with Gasteiger partial charge in [0.05, 0.1) is 6.42 Å². The first kappa shape index (κ1) is 12.9. The highest BCUT2D eigenvalue weighted by Gasteiger charge is 2.21. The number of nitrogens with one attached hydrogen (secondary N) is 1. The van der Waals surface area contributed by atoms with Crippen LogP contribution in [0.3, 0.4) is 0 Å². The van der Waals surface area contributed by atoms with Crippen molar-refractivity contribution in [1.29, 1.82) is 0 Å². The van der Waals surface area contributed by atoms with E-state index in [1.807, 2.05) is 27.7 Å². The molecular weight excluding hydrogens is 182 g/mol. The zero-order valence-corrected chi connectivity index (χ0v) is 9.26. The van der Waals surface area contributed by atoms with Crippen molar-refractivity contribution in [3.05, 3.63) is 0 Å². The summed E-state index contributed by atoms with van der Waals surface area (Å²) in [6, 6.07) is 0.0452. The SMILES string of the molecule is CC(NC(=O)CCC(=O)O)C(C)(C)C. The lowest BCUT2D eigenvalue weighted by Gasteiger charge is -2.27. The Labute approximate surface area is 84.7 Å². The Kier molecular flexibility index (Phi) is 4.60. The van der Waals surface area contributed by atoms with Crippen LogP contribution in [0.1, 0.15) is 40.5 Å². The highest BCUT2D eigenvalue weighted by molar-refractivity contribution is 5.80. The molecule has 4 heteroatoms. The first-order valence-electron chi connectivity index (χ1n) is 4.74. The average molecular weight is 201 g/mol. The molecule has 0 rings (SSSR count). The van der Waals surface area contributed by atoms with Crippen LogP contribution in [-0.4, -0.2) is 23.0 Å². The van der Waals surface area contributed by atoms with E-state index in [9.17, 15) is 9.59 Å². The maximum atomic E-state index is 11.2. The molecule has 82 valence electrons. The van der Waals surface area contributed by atoms with Crippen LogP contribution in [0.5, 0.6) is 0 Å². The van der Waals surface area contributed by atoms with Crippen molar-refractivity contribution < 1.29 is 14.7 Å². The van der Waals surface area contributed by atoms with E-state index in [2.05, 4.69) is 5.32 Å². The predicted octanol–water partition coefficient (Wildman–Crippen LogP) is 1.40. The number of carboxylic acid groups (broad SMARTS) is 1. The Balaban J connectivity index is 3.89. The van der Waals surface area contributed by atoms with Crippen LogP contribution in [0.4, 0.5) is 0 Å². The number of carbonyl (C=O) groups is 2. The Morgan fingerprint density at radius 1 is 1.29 bits per heavy atom. The monoisotopic (exact) mass is 201 g/mol. The minimum Gasteiger partial charge on any atom is -0.481 e. The Morgan fingerprint density at radius 3 is 2.14 bits per heavy atom. The van der Waals surface area contributed by atoms with E-state index in [0.29, 0.717) is 0 Å². The molecule has 0 saturated heterocycles. The lowest BCUT2D eigenvalue weighted by molar-refractivity contribution is -0.139. The lowest BCUT2D eigenvalue weighted by Crippen LogP contribution is -2.41. The van der Waals surface area contributed by atoms with E-state index >= 15 is 0 Å². The average Bonchev–Trinajstić information content (AvgIpc) is 1.99. The van der Waals surface area contributed by atoms with Gasteiger partial charge in [0.1, 0.15) is 0 Å². The standard InChI is InChI=1S/C10H19NO3/c1-7(10(2,3)4)11-8(12)5-6-9(13)14/h7H,5-6H2,1-4H3,(H,11,12)(H,13,14). The summed E-state index contributed by atoms with van der Waals surface area (Å²) in [5.74, 6) is -1.14. The van der Waals surface area contributed by atoms with Gasteiger partial charge in [-0.25, -0.2) is 0 Å². The van der Waals surface area contributed by atoms with Crippen molar-refractivity contribution in [2.45, 2.75) is 46.6 Å². The van der Waals surface area contributed by atoms with E-state index in [1.54, 1.807) is 0 Å². The minimum absolute atomic E-state index is 0.00111. The van der Waals surface area contributed by atoms with Gasteiger partial charge in [-0.1, -0.05) is 20.8 Å². The largest absolute Gasteiger partial charge is 0.481 e. The number of hydrogen-bond donors (Lipinski definition) is 2. The summed E-state index contributed by atoms with van der Waals surface area (Å²) in [5.41, 5.74) is -0.00111. The number of aliphatic carboxylic acids is 1. The molecule has 4 nitrogen and oxygen atoms in total. The number of hydrogen-bond acceptors (Lipinski definition) is 2. The molecule has 2 N–H and O–H groups in total. The molecule has 0 spiro atoms. The molecule has 1 atom stereocenters. The summed E-state index contributed by atoms with van der Waals surface area (Å²) in [4.78, 5) is 21.4. The molecule has 0 aliphatic rings. The molecule has 0 aromatic rings. The quantitative estimate of drug-likeness (QED) is 0.722. The first-order chi connectivity index (χ1) is 6.23. The van der Waals surface area contributed by atoms with Gasteiger partial charge in [0.25, 0.3) is 0 Å². The Morgan fingerprint density at radius 2 is 1.79 bits per heavy atom. The van der Waals surface area contributed by atoms with Gasteiger partial charge in [0.15, 0.2) is 0 Å². The van der Waals surface area contributed by atoms with Gasteiger partial charge in [0.2, 0.25) is 5.91 Å². The van der Waals surface area contributed by atoms with Crippen LogP contribution < -0.4 is 5.32 Å². The Bertz CT molecular complexity index is 218. The van der Waals surface area contributed by atoms with E-state index in [4.69, 9.17) is 5.11 Å². The van der Waals surface area contributed by atoms with Crippen molar-refractivity contribution >= 4 is 11.9 Å². The third kappa shape index (κ3) is 5.56. The van der Waals surface area contributed by atoms with Crippen LogP contribution in [0, 0.1) is 5.41 Å². The molecule has 0 aliphatic heterocycles. The van der Waals surface area contributed by atoms with Crippen molar-refractivity contribution in [3.63, 3.8) is 0 Å². The number of amides is 1. The maximum absolute atomic E-state index is 11.2. The molecule has 0 radical (unpaired) electrons. The van der Waals surface area contributed by atoms with Crippen LogP contribution in [-0.2, 0) is 9.59 Å². The molecule has 0 aliphatic carbocycles. The summed E-state index contributed by atoms with van der Waals surface area (Å²) in [7, 11) is 0. The van der Waals surface area contributed by atoms with Gasteiger partial charge in [-0.05, 0) is 12.3 Å². The van der Waals surface area contributed by atoms with Crippen molar-refractivity contribution in [2.75, 3.05) is 0 Å². The summed E-state index contributed by atoms with van der Waals surface area (Å²) < 4.78 is 0. The molecular formula is C10H19NO3. The van der Waals surface area contributed by atoms with Crippen molar-refractivity contribution in [2.24, 2.45) is 5.41 Å². The number of carboxylic acids is 1.